The normalized spacial score (nSPS) is 27.2. The summed E-state index contributed by atoms with van der Waals surface area (Å²) in [6.07, 6.45) is 9.09. The van der Waals surface area contributed by atoms with Gasteiger partial charge in [-0.2, -0.15) is 0 Å². The van der Waals surface area contributed by atoms with Gasteiger partial charge in [-0.3, -0.25) is 9.69 Å². The van der Waals surface area contributed by atoms with Crippen molar-refractivity contribution in [2.45, 2.75) is 37.8 Å². The minimum absolute atomic E-state index is 0.0627. The highest BCUT2D eigenvalue weighted by Gasteiger charge is 2.43. The van der Waals surface area contributed by atoms with Crippen LogP contribution in [-0.2, 0) is 11.3 Å². The highest BCUT2D eigenvalue weighted by atomic mass is 16.3. The maximum absolute atomic E-state index is 12.5. The van der Waals surface area contributed by atoms with Gasteiger partial charge < -0.3 is 14.6 Å². The second kappa shape index (κ2) is 6.15. The third kappa shape index (κ3) is 3.27. The Balaban J connectivity index is 1.57. The second-order valence-corrected chi connectivity index (χ2v) is 6.21. The zero-order valence-corrected chi connectivity index (χ0v) is 12.4. The van der Waals surface area contributed by atoms with E-state index in [4.69, 9.17) is 0 Å². The minimum atomic E-state index is -1.18. The third-order valence-corrected chi connectivity index (χ3v) is 4.57. The fraction of sp³-hybridized carbons (Fsp3) is 0.733. The molecule has 3 rings (SSSR count). The number of piperidine rings is 1. The molecule has 1 N–H and O–H groups in total. The maximum Gasteiger partial charge on any atom is 0.255 e. The summed E-state index contributed by atoms with van der Waals surface area (Å²) < 4.78 is 2.02. The van der Waals surface area contributed by atoms with Gasteiger partial charge >= 0.3 is 0 Å². The van der Waals surface area contributed by atoms with Gasteiger partial charge in [0.15, 0.2) is 5.60 Å². The highest BCUT2D eigenvalue weighted by molar-refractivity contribution is 5.85. The lowest BCUT2D eigenvalue weighted by molar-refractivity contribution is -0.156. The average molecular weight is 292 g/mol. The number of rotatable bonds is 4. The van der Waals surface area contributed by atoms with E-state index in [1.165, 1.54) is 0 Å². The molecule has 21 heavy (non-hydrogen) atoms. The summed E-state index contributed by atoms with van der Waals surface area (Å²) in [5.74, 6) is -0.0627. The zero-order valence-electron chi connectivity index (χ0n) is 12.4. The van der Waals surface area contributed by atoms with Crippen LogP contribution < -0.4 is 0 Å². The van der Waals surface area contributed by atoms with Crippen LogP contribution in [0.4, 0.5) is 0 Å². The van der Waals surface area contributed by atoms with E-state index in [1.807, 2.05) is 15.7 Å². The summed E-state index contributed by atoms with van der Waals surface area (Å²) in [4.78, 5) is 20.6. The zero-order chi connectivity index (χ0) is 14.7. The van der Waals surface area contributed by atoms with Gasteiger partial charge in [-0.15, -0.1) is 0 Å². The molecule has 3 heterocycles. The topological polar surface area (TPSA) is 61.6 Å². The monoisotopic (exact) mass is 292 g/mol. The molecule has 0 aliphatic carbocycles. The lowest BCUT2D eigenvalue weighted by Crippen LogP contribution is -2.57. The summed E-state index contributed by atoms with van der Waals surface area (Å²) in [5.41, 5.74) is -1.18. The van der Waals surface area contributed by atoms with Crippen molar-refractivity contribution in [3.8, 4) is 0 Å². The molecule has 2 aliphatic rings. The lowest BCUT2D eigenvalue weighted by Gasteiger charge is -2.40. The number of hydrogen-bond acceptors (Lipinski definition) is 4. The van der Waals surface area contributed by atoms with Gasteiger partial charge in [0.05, 0.1) is 6.33 Å². The molecular weight excluding hydrogens is 268 g/mol. The summed E-state index contributed by atoms with van der Waals surface area (Å²) in [6, 6.07) is 0. The van der Waals surface area contributed by atoms with Crippen molar-refractivity contribution >= 4 is 5.91 Å². The van der Waals surface area contributed by atoms with Crippen molar-refractivity contribution in [3.63, 3.8) is 0 Å². The predicted octanol–water partition coefficient (Wildman–Crippen LogP) is 0.332. The smallest absolute Gasteiger partial charge is 0.255 e. The molecule has 1 aromatic heterocycles. The molecule has 0 bridgehead atoms. The van der Waals surface area contributed by atoms with E-state index < -0.39 is 5.60 Å². The van der Waals surface area contributed by atoms with Gasteiger partial charge in [-0.05, 0) is 32.2 Å². The molecule has 6 heteroatoms. The molecule has 116 valence electrons. The molecule has 0 saturated carbocycles. The Morgan fingerprint density at radius 3 is 2.71 bits per heavy atom. The van der Waals surface area contributed by atoms with Crippen LogP contribution in [0.25, 0.3) is 0 Å². The fourth-order valence-electron chi connectivity index (χ4n) is 3.38. The predicted molar refractivity (Wildman–Crippen MR) is 78.7 cm³/mol. The Morgan fingerprint density at radius 1 is 1.19 bits per heavy atom. The molecule has 1 unspecified atom stereocenters. The second-order valence-electron chi connectivity index (χ2n) is 6.21. The van der Waals surface area contributed by atoms with Crippen LogP contribution in [0.5, 0.6) is 0 Å². The summed E-state index contributed by atoms with van der Waals surface area (Å²) >= 11 is 0. The Bertz CT molecular complexity index is 470. The molecule has 1 atom stereocenters. The number of likely N-dealkylation sites (tertiary alicyclic amines) is 2. The van der Waals surface area contributed by atoms with Gasteiger partial charge in [-0.1, -0.05) is 0 Å². The number of amides is 1. The van der Waals surface area contributed by atoms with Crippen molar-refractivity contribution < 1.29 is 9.90 Å². The van der Waals surface area contributed by atoms with E-state index in [-0.39, 0.29) is 5.91 Å². The van der Waals surface area contributed by atoms with E-state index in [1.54, 1.807) is 12.5 Å². The maximum atomic E-state index is 12.5. The Kier molecular flexibility index (Phi) is 4.26. The highest BCUT2D eigenvalue weighted by Crippen LogP contribution is 2.25. The van der Waals surface area contributed by atoms with Gasteiger partial charge in [0, 0.05) is 45.1 Å². The number of aromatic nitrogens is 2. The van der Waals surface area contributed by atoms with E-state index in [9.17, 15) is 9.90 Å². The van der Waals surface area contributed by atoms with Gasteiger partial charge in [-0.25, -0.2) is 4.98 Å². The molecule has 0 radical (unpaired) electrons. The van der Waals surface area contributed by atoms with Crippen LogP contribution in [0.2, 0.25) is 0 Å². The summed E-state index contributed by atoms with van der Waals surface area (Å²) in [7, 11) is 0. The molecule has 2 aliphatic heterocycles. The van der Waals surface area contributed by atoms with E-state index >= 15 is 0 Å². The average Bonchev–Trinajstić information content (AvgIpc) is 3.18. The van der Waals surface area contributed by atoms with Crippen LogP contribution in [0.15, 0.2) is 18.7 Å². The van der Waals surface area contributed by atoms with E-state index in [0.717, 1.165) is 52.0 Å². The fourth-order valence-corrected chi connectivity index (χ4v) is 3.38. The quantitative estimate of drug-likeness (QED) is 0.869. The first-order valence-corrected chi connectivity index (χ1v) is 7.87. The number of imidazole rings is 1. The van der Waals surface area contributed by atoms with Crippen LogP contribution in [-0.4, -0.2) is 68.7 Å². The number of hydrogen-bond donors (Lipinski definition) is 1. The Hall–Kier alpha value is -1.40. The first-order valence-electron chi connectivity index (χ1n) is 7.87. The van der Waals surface area contributed by atoms with Crippen molar-refractivity contribution in [1.29, 1.82) is 0 Å². The first kappa shape index (κ1) is 14.5. The largest absolute Gasteiger partial charge is 0.379 e. The molecule has 2 saturated heterocycles. The molecule has 0 spiro atoms. The minimum Gasteiger partial charge on any atom is -0.379 e. The first-order chi connectivity index (χ1) is 10.2. The number of carbonyl (C=O) groups excluding carboxylic acids is 1. The van der Waals surface area contributed by atoms with E-state index in [2.05, 4.69) is 9.88 Å². The molecule has 0 aromatic carbocycles. The van der Waals surface area contributed by atoms with Crippen molar-refractivity contribution in [3.05, 3.63) is 18.7 Å². The van der Waals surface area contributed by atoms with Gasteiger partial charge in [0.1, 0.15) is 0 Å². The molecular formula is C15H24N4O2. The number of β-amino-alcohol motifs (C(OH)–C–C–N with tert-alkyl or cyclic N) is 1. The Morgan fingerprint density at radius 2 is 2.00 bits per heavy atom. The third-order valence-electron chi connectivity index (χ3n) is 4.57. The lowest BCUT2D eigenvalue weighted by atomic mass is 9.91. The molecule has 1 aromatic rings. The molecule has 6 nitrogen and oxygen atoms in total. The summed E-state index contributed by atoms with van der Waals surface area (Å²) in [6.45, 7) is 4.69. The standard InChI is InChI=1S/C15H24N4O2/c20-14(19-7-1-2-8-19)15(21)4-3-6-17(12-15)10-11-18-9-5-16-13-18/h5,9,13,21H,1-4,6-8,10-12H2. The van der Waals surface area contributed by atoms with Crippen LogP contribution in [0.1, 0.15) is 25.7 Å². The molecule has 2 fully saturated rings. The van der Waals surface area contributed by atoms with Gasteiger partial charge in [0.25, 0.3) is 5.91 Å². The number of aliphatic hydroxyl groups is 1. The number of carbonyl (C=O) groups is 1. The van der Waals surface area contributed by atoms with Gasteiger partial charge in [0.2, 0.25) is 0 Å². The SMILES string of the molecule is O=C(N1CCCC1)C1(O)CCCN(CCn2ccnc2)C1. The molecule has 1 amide bonds. The van der Waals surface area contributed by atoms with Crippen LogP contribution in [0.3, 0.4) is 0 Å². The summed E-state index contributed by atoms with van der Waals surface area (Å²) in [5, 5.41) is 10.8. The number of nitrogens with zero attached hydrogens (tertiary/aromatic N) is 4. The Labute approximate surface area is 125 Å². The van der Waals surface area contributed by atoms with Crippen LogP contribution in [0, 0.1) is 0 Å². The van der Waals surface area contributed by atoms with Crippen molar-refractivity contribution in [1.82, 2.24) is 19.4 Å². The van der Waals surface area contributed by atoms with Crippen LogP contribution >= 0.6 is 0 Å². The van der Waals surface area contributed by atoms with Crippen molar-refractivity contribution in [2.24, 2.45) is 0 Å². The van der Waals surface area contributed by atoms with E-state index in [0.29, 0.717) is 13.0 Å². The van der Waals surface area contributed by atoms with Crippen molar-refractivity contribution in [2.75, 3.05) is 32.7 Å².